The fraction of sp³-hybridized carbons (Fsp3) is 0.800. The molecule has 21 heavy (non-hydrogen) atoms. The summed E-state index contributed by atoms with van der Waals surface area (Å²) in [6.07, 6.45) is 0. The van der Waals surface area contributed by atoms with Gasteiger partial charge < -0.3 is 35.4 Å². The predicted molar refractivity (Wildman–Crippen MR) is 64.9 cm³/mol. The second-order valence-corrected chi connectivity index (χ2v) is 3.81. The molecule has 0 saturated heterocycles. The van der Waals surface area contributed by atoms with Crippen LogP contribution in [0.1, 0.15) is 0 Å². The lowest BCUT2D eigenvalue weighted by Crippen LogP contribution is -2.63. The van der Waals surface area contributed by atoms with Crippen molar-refractivity contribution in [1.29, 1.82) is 0 Å². The summed E-state index contributed by atoms with van der Waals surface area (Å²) in [6.45, 7) is -6.17. The molecule has 0 aliphatic carbocycles. The minimum Gasteiger partial charge on any atom is -0.394 e. The zero-order chi connectivity index (χ0) is 16.5. The van der Waals surface area contributed by atoms with Gasteiger partial charge in [0.25, 0.3) is 11.8 Å². The summed E-state index contributed by atoms with van der Waals surface area (Å²) in [5.41, 5.74) is -2.61. The molecule has 0 rings (SSSR count). The first-order valence-corrected chi connectivity index (χ1v) is 5.86. The second-order valence-electron chi connectivity index (χ2n) is 3.81. The summed E-state index contributed by atoms with van der Waals surface area (Å²) in [5, 5.41) is 53.9. The Hall–Kier alpha value is -1.34. The van der Waals surface area contributed by atoms with E-state index in [1.54, 1.807) is 0 Å². The second kappa shape index (κ2) is 9.57. The van der Waals surface area contributed by atoms with Crippen LogP contribution in [0.15, 0.2) is 0 Å². The van der Waals surface area contributed by atoms with Crippen molar-refractivity contribution in [2.24, 2.45) is 0 Å². The number of hydrogen-bond donors (Lipinski definition) is 6. The summed E-state index contributed by atoms with van der Waals surface area (Å²) in [7, 11) is 0. The molecule has 6 N–H and O–H groups in total. The normalized spacial score (nSPS) is 11.3. The minimum atomic E-state index is -2.61. The van der Waals surface area contributed by atoms with Gasteiger partial charge in [-0.15, -0.1) is 0 Å². The average Bonchev–Trinajstić information content (AvgIpc) is 2.51. The summed E-state index contributed by atoms with van der Waals surface area (Å²) in [6, 6.07) is 0. The maximum Gasteiger partial charge on any atom is 0.270 e. The van der Waals surface area contributed by atoms with E-state index >= 15 is 0 Å². The number of carbonyl (C=O) groups is 2. The third-order valence-electron chi connectivity index (χ3n) is 2.61. The van der Waals surface area contributed by atoms with Crippen LogP contribution < -0.4 is 0 Å². The molecule has 0 saturated carbocycles. The van der Waals surface area contributed by atoms with Crippen LogP contribution in [0.3, 0.4) is 0 Å². The van der Waals surface area contributed by atoms with Crippen LogP contribution >= 0.6 is 0 Å². The van der Waals surface area contributed by atoms with E-state index < -0.39 is 64.2 Å². The first-order valence-electron chi connectivity index (χ1n) is 5.86. The van der Waals surface area contributed by atoms with Crippen LogP contribution in [0, 0.1) is 0 Å². The molecular formula is C10H20N2O9. The van der Waals surface area contributed by atoms with Crippen LogP contribution in [-0.2, 0) is 14.3 Å². The Kier molecular flexibility index (Phi) is 8.96. The van der Waals surface area contributed by atoms with E-state index in [-0.39, 0.29) is 0 Å². The Balaban J connectivity index is 5.62. The number of aliphatic hydroxyl groups is 6. The first-order chi connectivity index (χ1) is 9.98. The van der Waals surface area contributed by atoms with Crippen LogP contribution in [0.2, 0.25) is 0 Å². The van der Waals surface area contributed by atoms with Crippen LogP contribution in [0.4, 0.5) is 0 Å². The van der Waals surface area contributed by atoms with E-state index in [9.17, 15) is 14.7 Å². The third kappa shape index (κ3) is 4.31. The molecule has 0 heterocycles. The monoisotopic (exact) mass is 312 g/mol. The van der Waals surface area contributed by atoms with Crippen molar-refractivity contribution in [2.45, 2.75) is 5.60 Å². The number of amides is 2. The number of carbonyl (C=O) groups excluding carboxylic acids is 2. The summed E-state index contributed by atoms with van der Waals surface area (Å²) in [5.74, 6) is -2.58. The van der Waals surface area contributed by atoms with E-state index in [0.29, 0.717) is 9.80 Å². The van der Waals surface area contributed by atoms with Gasteiger partial charge in [-0.25, -0.2) is 0 Å². The van der Waals surface area contributed by atoms with Gasteiger partial charge in [0.1, 0.15) is 26.9 Å². The Bertz CT molecular complexity index is 306. The van der Waals surface area contributed by atoms with Crippen LogP contribution in [0.25, 0.3) is 0 Å². The Morgan fingerprint density at radius 3 is 1.43 bits per heavy atom. The van der Waals surface area contributed by atoms with Crippen molar-refractivity contribution in [3.8, 4) is 0 Å². The largest absolute Gasteiger partial charge is 0.394 e. The van der Waals surface area contributed by atoms with Crippen molar-refractivity contribution < 1.29 is 45.0 Å². The maximum atomic E-state index is 12.2. The predicted octanol–water partition coefficient (Wildman–Crippen LogP) is -4.82. The number of ether oxygens (including phenoxy) is 1. The quantitative estimate of drug-likeness (QED) is 0.171. The lowest BCUT2D eigenvalue weighted by Gasteiger charge is -2.35. The fourth-order valence-corrected chi connectivity index (χ4v) is 1.47. The van der Waals surface area contributed by atoms with E-state index in [1.807, 2.05) is 0 Å². The van der Waals surface area contributed by atoms with Crippen molar-refractivity contribution in [3.05, 3.63) is 0 Å². The molecule has 0 aromatic rings. The van der Waals surface area contributed by atoms with Gasteiger partial charge in [0.15, 0.2) is 0 Å². The van der Waals surface area contributed by atoms with E-state index in [0.717, 1.165) is 0 Å². The molecule has 124 valence electrons. The van der Waals surface area contributed by atoms with Crippen molar-refractivity contribution in [1.82, 2.24) is 9.80 Å². The molecule has 2 amide bonds. The fourth-order valence-electron chi connectivity index (χ4n) is 1.47. The Labute approximate surface area is 120 Å². The molecule has 0 bridgehead atoms. The molecule has 0 aliphatic heterocycles. The Morgan fingerprint density at radius 1 is 0.810 bits per heavy atom. The summed E-state index contributed by atoms with van der Waals surface area (Å²) in [4.78, 5) is 25.1. The van der Waals surface area contributed by atoms with Gasteiger partial charge in [-0.3, -0.25) is 19.4 Å². The lowest BCUT2D eigenvalue weighted by molar-refractivity contribution is -0.190. The van der Waals surface area contributed by atoms with Crippen LogP contribution in [-0.4, -0.2) is 105 Å². The number of rotatable bonds is 10. The molecule has 11 heteroatoms. The molecule has 0 aromatic heterocycles. The first kappa shape index (κ1) is 19.7. The molecule has 0 aromatic carbocycles. The SMILES string of the molecule is O=C(N(CO)CO)C(CO)(OCCO)C(=O)N(CO)CO. The highest BCUT2D eigenvalue weighted by atomic mass is 16.5. The van der Waals surface area contributed by atoms with Gasteiger partial charge in [0.2, 0.25) is 5.60 Å². The molecule has 0 fully saturated rings. The number of hydrogen-bond acceptors (Lipinski definition) is 9. The highest BCUT2D eigenvalue weighted by molar-refractivity contribution is 6.08. The molecular weight excluding hydrogens is 292 g/mol. The highest BCUT2D eigenvalue weighted by Gasteiger charge is 2.51. The van der Waals surface area contributed by atoms with E-state index in [2.05, 4.69) is 0 Å². The summed E-state index contributed by atoms with van der Waals surface area (Å²) >= 11 is 0. The van der Waals surface area contributed by atoms with Crippen molar-refractivity contribution in [3.63, 3.8) is 0 Å². The molecule has 11 nitrogen and oxygen atoms in total. The number of aliphatic hydroxyl groups excluding tert-OH is 6. The third-order valence-corrected chi connectivity index (χ3v) is 2.61. The smallest absolute Gasteiger partial charge is 0.270 e. The van der Waals surface area contributed by atoms with E-state index in [1.165, 1.54) is 0 Å². The van der Waals surface area contributed by atoms with Crippen molar-refractivity contribution >= 4 is 11.8 Å². The summed E-state index contributed by atoms with van der Waals surface area (Å²) < 4.78 is 4.89. The van der Waals surface area contributed by atoms with Gasteiger partial charge in [-0.2, -0.15) is 0 Å². The minimum absolute atomic E-state index is 0.387. The maximum absolute atomic E-state index is 12.2. The van der Waals surface area contributed by atoms with E-state index in [4.69, 9.17) is 30.3 Å². The molecule has 0 spiro atoms. The van der Waals surface area contributed by atoms with Crippen LogP contribution in [0.5, 0.6) is 0 Å². The molecule has 0 aliphatic rings. The zero-order valence-corrected chi connectivity index (χ0v) is 11.3. The van der Waals surface area contributed by atoms with Gasteiger partial charge in [0.05, 0.1) is 19.8 Å². The molecule has 0 radical (unpaired) electrons. The lowest BCUT2D eigenvalue weighted by atomic mass is 10.0. The molecule has 0 atom stereocenters. The van der Waals surface area contributed by atoms with Gasteiger partial charge in [0, 0.05) is 0 Å². The van der Waals surface area contributed by atoms with Gasteiger partial charge >= 0.3 is 0 Å². The van der Waals surface area contributed by atoms with Gasteiger partial charge in [-0.1, -0.05) is 0 Å². The van der Waals surface area contributed by atoms with Crippen molar-refractivity contribution in [2.75, 3.05) is 46.7 Å². The number of nitrogens with zero attached hydrogens (tertiary/aromatic N) is 2. The molecule has 0 unspecified atom stereocenters. The zero-order valence-electron chi connectivity index (χ0n) is 11.3. The highest BCUT2D eigenvalue weighted by Crippen LogP contribution is 2.18. The average molecular weight is 312 g/mol. The van der Waals surface area contributed by atoms with Gasteiger partial charge in [-0.05, 0) is 0 Å². The topological polar surface area (TPSA) is 171 Å². The Morgan fingerprint density at radius 2 is 1.19 bits per heavy atom. The standard InChI is InChI=1S/C10H20N2O9/c13-1-2-21-10(3-14,8(19)11(4-15)5-16)9(20)12(6-17)7-18/h13-18H,1-7H2.